The van der Waals surface area contributed by atoms with E-state index in [1.807, 2.05) is 24.0 Å². The van der Waals surface area contributed by atoms with Crippen molar-refractivity contribution in [2.45, 2.75) is 38.6 Å². The Morgan fingerprint density at radius 3 is 2.56 bits per heavy atom. The Labute approximate surface area is 150 Å². The van der Waals surface area contributed by atoms with E-state index in [-0.39, 0.29) is 11.9 Å². The van der Waals surface area contributed by atoms with E-state index in [1.165, 1.54) is 0 Å². The monoisotopic (exact) mass is 350 g/mol. The van der Waals surface area contributed by atoms with E-state index in [2.05, 4.69) is 0 Å². The van der Waals surface area contributed by atoms with Gasteiger partial charge in [0.05, 0.1) is 21.3 Å². The fraction of sp³-hybridized carbons (Fsp3) is 0.632. The Morgan fingerprint density at radius 2 is 1.96 bits per heavy atom. The van der Waals surface area contributed by atoms with E-state index in [4.69, 9.17) is 19.9 Å². The van der Waals surface area contributed by atoms with Gasteiger partial charge in [-0.25, -0.2) is 0 Å². The third kappa shape index (κ3) is 4.57. The molecule has 0 bridgehead atoms. The number of nitrogens with zero attached hydrogens (tertiary/aromatic N) is 1. The second-order valence-electron chi connectivity index (χ2n) is 6.59. The molecule has 0 aromatic heterocycles. The lowest BCUT2D eigenvalue weighted by Crippen LogP contribution is -2.45. The molecule has 0 radical (unpaired) electrons. The van der Waals surface area contributed by atoms with Gasteiger partial charge < -0.3 is 24.8 Å². The largest absolute Gasteiger partial charge is 0.493 e. The van der Waals surface area contributed by atoms with Gasteiger partial charge in [-0.3, -0.25) is 4.79 Å². The number of ether oxygens (including phenoxy) is 3. The van der Waals surface area contributed by atoms with Crippen molar-refractivity contribution in [2.75, 3.05) is 34.4 Å². The average Bonchev–Trinajstić information content (AvgIpc) is 2.64. The maximum atomic E-state index is 12.6. The summed E-state index contributed by atoms with van der Waals surface area (Å²) < 4.78 is 16.2. The first-order valence-corrected chi connectivity index (χ1v) is 8.83. The van der Waals surface area contributed by atoms with Gasteiger partial charge in [0.1, 0.15) is 0 Å². The first kappa shape index (κ1) is 19.4. The third-order valence-electron chi connectivity index (χ3n) is 4.95. The maximum absolute atomic E-state index is 12.6. The number of hydrogen-bond acceptors (Lipinski definition) is 5. The summed E-state index contributed by atoms with van der Waals surface area (Å²) in [5, 5.41) is 0. The van der Waals surface area contributed by atoms with Crippen LogP contribution in [0.25, 0.3) is 0 Å². The molecule has 1 aliphatic heterocycles. The van der Waals surface area contributed by atoms with Crippen LogP contribution in [0.1, 0.15) is 31.7 Å². The smallest absolute Gasteiger partial charge is 0.222 e. The van der Waals surface area contributed by atoms with Gasteiger partial charge in [0.25, 0.3) is 0 Å². The zero-order valence-electron chi connectivity index (χ0n) is 15.7. The summed E-state index contributed by atoms with van der Waals surface area (Å²) in [6, 6.07) is 3.89. The summed E-state index contributed by atoms with van der Waals surface area (Å²) in [6.45, 7) is 3.61. The fourth-order valence-electron chi connectivity index (χ4n) is 3.43. The zero-order chi connectivity index (χ0) is 18.4. The van der Waals surface area contributed by atoms with Crippen LogP contribution in [-0.4, -0.2) is 51.3 Å². The predicted molar refractivity (Wildman–Crippen MR) is 97.4 cm³/mol. The molecule has 1 saturated heterocycles. The Bertz CT molecular complexity index is 589. The number of rotatable bonds is 7. The molecule has 1 aromatic rings. The lowest BCUT2D eigenvalue weighted by atomic mass is 9.92. The summed E-state index contributed by atoms with van der Waals surface area (Å²) in [5.41, 5.74) is 6.95. The van der Waals surface area contributed by atoms with Crippen LogP contribution >= 0.6 is 0 Å². The SMILES string of the molecule is COc1ccc(CCC(=O)N2CCCC(C(C)N)C2)c(OC)c1OC. The molecule has 2 N–H and O–H groups in total. The summed E-state index contributed by atoms with van der Waals surface area (Å²) in [6.07, 6.45) is 3.17. The molecule has 140 valence electrons. The van der Waals surface area contributed by atoms with Gasteiger partial charge in [0.2, 0.25) is 11.7 Å². The van der Waals surface area contributed by atoms with E-state index >= 15 is 0 Å². The molecule has 2 rings (SSSR count). The summed E-state index contributed by atoms with van der Waals surface area (Å²) in [5.74, 6) is 2.37. The van der Waals surface area contributed by atoms with Crippen molar-refractivity contribution in [3.05, 3.63) is 17.7 Å². The van der Waals surface area contributed by atoms with E-state index in [0.29, 0.717) is 36.0 Å². The Morgan fingerprint density at radius 1 is 1.24 bits per heavy atom. The molecular formula is C19H30N2O4. The van der Waals surface area contributed by atoms with Crippen molar-refractivity contribution >= 4 is 5.91 Å². The molecule has 25 heavy (non-hydrogen) atoms. The standard InChI is InChI=1S/C19H30N2O4/c1-13(20)15-6-5-11-21(12-15)17(22)10-8-14-7-9-16(23-2)19(25-4)18(14)24-3/h7,9,13,15H,5-6,8,10-12,20H2,1-4H3. The van der Waals surface area contributed by atoms with Crippen LogP contribution in [0.5, 0.6) is 17.2 Å². The van der Waals surface area contributed by atoms with Crippen molar-refractivity contribution in [2.24, 2.45) is 11.7 Å². The van der Waals surface area contributed by atoms with Gasteiger partial charge in [0.15, 0.2) is 11.5 Å². The lowest BCUT2D eigenvalue weighted by Gasteiger charge is -2.34. The van der Waals surface area contributed by atoms with Gasteiger partial charge in [0, 0.05) is 25.6 Å². The summed E-state index contributed by atoms with van der Waals surface area (Å²) in [4.78, 5) is 14.6. The van der Waals surface area contributed by atoms with Crippen LogP contribution < -0.4 is 19.9 Å². The number of aryl methyl sites for hydroxylation is 1. The van der Waals surface area contributed by atoms with Crippen LogP contribution in [0, 0.1) is 5.92 Å². The molecule has 2 atom stereocenters. The number of methoxy groups -OCH3 is 3. The summed E-state index contributed by atoms with van der Waals surface area (Å²) in [7, 11) is 4.77. The Hall–Kier alpha value is -1.95. The number of benzene rings is 1. The molecule has 6 nitrogen and oxygen atoms in total. The molecule has 0 saturated carbocycles. The molecule has 1 heterocycles. The molecular weight excluding hydrogens is 320 g/mol. The topological polar surface area (TPSA) is 74.0 Å². The lowest BCUT2D eigenvalue weighted by molar-refractivity contribution is -0.133. The molecule has 1 aliphatic rings. The van der Waals surface area contributed by atoms with Crippen molar-refractivity contribution in [3.63, 3.8) is 0 Å². The highest BCUT2D eigenvalue weighted by atomic mass is 16.5. The molecule has 1 amide bonds. The van der Waals surface area contributed by atoms with Crippen molar-refractivity contribution < 1.29 is 19.0 Å². The predicted octanol–water partition coefficient (Wildman–Crippen LogP) is 2.23. The number of carbonyl (C=O) groups excluding carboxylic acids is 1. The number of likely N-dealkylation sites (tertiary alicyclic amines) is 1. The van der Waals surface area contributed by atoms with Crippen molar-refractivity contribution in [3.8, 4) is 17.2 Å². The fourth-order valence-corrected chi connectivity index (χ4v) is 3.43. The minimum Gasteiger partial charge on any atom is -0.493 e. The second-order valence-corrected chi connectivity index (χ2v) is 6.59. The molecule has 6 heteroatoms. The first-order valence-electron chi connectivity index (χ1n) is 8.83. The van der Waals surface area contributed by atoms with Crippen LogP contribution in [0.15, 0.2) is 12.1 Å². The highest BCUT2D eigenvalue weighted by Crippen LogP contribution is 2.40. The van der Waals surface area contributed by atoms with Gasteiger partial charge >= 0.3 is 0 Å². The third-order valence-corrected chi connectivity index (χ3v) is 4.95. The van der Waals surface area contributed by atoms with Crippen LogP contribution in [0.4, 0.5) is 0 Å². The summed E-state index contributed by atoms with van der Waals surface area (Å²) >= 11 is 0. The zero-order valence-corrected chi connectivity index (χ0v) is 15.7. The van der Waals surface area contributed by atoms with Gasteiger partial charge in [-0.2, -0.15) is 0 Å². The normalized spacial score (nSPS) is 18.6. The Kier molecular flexibility index (Phi) is 6.93. The van der Waals surface area contributed by atoms with Crippen LogP contribution in [-0.2, 0) is 11.2 Å². The molecule has 1 aromatic carbocycles. The number of carbonyl (C=O) groups is 1. The minimum atomic E-state index is 0.126. The van der Waals surface area contributed by atoms with Crippen LogP contribution in [0.3, 0.4) is 0 Å². The first-order chi connectivity index (χ1) is 12.0. The van der Waals surface area contributed by atoms with Gasteiger partial charge in [-0.05, 0) is 43.7 Å². The van der Waals surface area contributed by atoms with Crippen molar-refractivity contribution in [1.29, 1.82) is 0 Å². The highest BCUT2D eigenvalue weighted by Gasteiger charge is 2.26. The van der Waals surface area contributed by atoms with Crippen LogP contribution in [0.2, 0.25) is 0 Å². The second kappa shape index (κ2) is 8.94. The van der Waals surface area contributed by atoms with Gasteiger partial charge in [-0.15, -0.1) is 0 Å². The highest BCUT2D eigenvalue weighted by molar-refractivity contribution is 5.76. The number of piperidine rings is 1. The number of nitrogens with two attached hydrogens (primary N) is 1. The minimum absolute atomic E-state index is 0.126. The van der Waals surface area contributed by atoms with E-state index < -0.39 is 0 Å². The molecule has 0 spiro atoms. The van der Waals surface area contributed by atoms with E-state index in [9.17, 15) is 4.79 Å². The van der Waals surface area contributed by atoms with Gasteiger partial charge in [-0.1, -0.05) is 6.07 Å². The van der Waals surface area contributed by atoms with E-state index in [1.54, 1.807) is 21.3 Å². The van der Waals surface area contributed by atoms with Crippen molar-refractivity contribution in [1.82, 2.24) is 4.90 Å². The van der Waals surface area contributed by atoms with E-state index in [0.717, 1.165) is 31.5 Å². The molecule has 2 unspecified atom stereocenters. The Balaban J connectivity index is 2.04. The molecule has 0 aliphatic carbocycles. The molecule has 1 fully saturated rings. The average molecular weight is 350 g/mol. The number of hydrogen-bond donors (Lipinski definition) is 1. The number of amides is 1. The quantitative estimate of drug-likeness (QED) is 0.816. The maximum Gasteiger partial charge on any atom is 0.222 e.